The minimum Gasteiger partial charge on any atom is -0.469 e. The number of ether oxygens (including phenoxy) is 2. The molecule has 0 aromatic carbocycles. The highest BCUT2D eigenvalue weighted by Gasteiger charge is 2.25. The fourth-order valence-electron chi connectivity index (χ4n) is 1.61. The summed E-state index contributed by atoms with van der Waals surface area (Å²) in [5.41, 5.74) is 0. The smallest absolute Gasteiger partial charge is 0.309 e. The van der Waals surface area contributed by atoms with Gasteiger partial charge in [-0.15, -0.1) is 0 Å². The number of carbonyl (C=O) groups is 1. The van der Waals surface area contributed by atoms with Crippen molar-refractivity contribution < 1.29 is 14.3 Å². The topological polar surface area (TPSA) is 35.5 Å². The number of hydrogen-bond donors (Lipinski definition) is 0. The van der Waals surface area contributed by atoms with Gasteiger partial charge in [-0.2, -0.15) is 11.8 Å². The van der Waals surface area contributed by atoms with Crippen molar-refractivity contribution in [2.75, 3.05) is 20.3 Å². The van der Waals surface area contributed by atoms with Gasteiger partial charge in [-0.05, 0) is 12.8 Å². The first-order chi connectivity index (χ1) is 7.15. The minimum atomic E-state index is -0.109. The highest BCUT2D eigenvalue weighted by atomic mass is 32.2. The molecule has 0 aliphatic carbocycles. The van der Waals surface area contributed by atoms with Crippen LogP contribution in [0.2, 0.25) is 0 Å². The molecule has 4 heteroatoms. The van der Waals surface area contributed by atoms with Gasteiger partial charge in [0.1, 0.15) is 0 Å². The lowest BCUT2D eigenvalue weighted by Crippen LogP contribution is -2.26. The van der Waals surface area contributed by atoms with Gasteiger partial charge in [0.2, 0.25) is 0 Å². The van der Waals surface area contributed by atoms with E-state index in [1.807, 2.05) is 18.7 Å². The maximum atomic E-state index is 11.3. The summed E-state index contributed by atoms with van der Waals surface area (Å²) < 4.78 is 10.1. The van der Waals surface area contributed by atoms with Gasteiger partial charge >= 0.3 is 5.97 Å². The molecule has 2 atom stereocenters. The standard InChI is InChI=1S/C11H20O3S/c1-8(11(12)13-3)9(2)15-10-4-6-14-7-5-10/h8-10H,4-7H2,1-3H3. The molecule has 88 valence electrons. The molecule has 0 bridgehead atoms. The van der Waals surface area contributed by atoms with Crippen molar-refractivity contribution in [1.82, 2.24) is 0 Å². The lowest BCUT2D eigenvalue weighted by molar-refractivity contribution is -0.144. The SMILES string of the molecule is COC(=O)C(C)C(C)SC1CCOCC1. The van der Waals surface area contributed by atoms with Crippen molar-refractivity contribution in [3.05, 3.63) is 0 Å². The van der Waals surface area contributed by atoms with Crippen LogP contribution in [-0.2, 0) is 14.3 Å². The maximum Gasteiger partial charge on any atom is 0.309 e. The van der Waals surface area contributed by atoms with Gasteiger partial charge < -0.3 is 9.47 Å². The van der Waals surface area contributed by atoms with E-state index in [1.54, 1.807) is 0 Å². The largest absolute Gasteiger partial charge is 0.469 e. The van der Waals surface area contributed by atoms with E-state index in [1.165, 1.54) is 7.11 Å². The van der Waals surface area contributed by atoms with E-state index in [4.69, 9.17) is 9.47 Å². The van der Waals surface area contributed by atoms with E-state index in [2.05, 4.69) is 6.92 Å². The Bertz CT molecular complexity index is 202. The summed E-state index contributed by atoms with van der Waals surface area (Å²) in [6.07, 6.45) is 2.20. The number of carbonyl (C=O) groups excluding carboxylic acids is 1. The summed E-state index contributed by atoms with van der Waals surface area (Å²) in [6.45, 7) is 5.75. The van der Waals surface area contributed by atoms with E-state index < -0.39 is 0 Å². The normalized spacial score (nSPS) is 22.1. The van der Waals surface area contributed by atoms with E-state index in [-0.39, 0.29) is 11.9 Å². The predicted octanol–water partition coefficient (Wildman–Crippen LogP) is 2.10. The molecule has 1 heterocycles. The molecule has 1 rings (SSSR count). The van der Waals surface area contributed by atoms with E-state index >= 15 is 0 Å². The van der Waals surface area contributed by atoms with Crippen molar-refractivity contribution in [1.29, 1.82) is 0 Å². The highest BCUT2D eigenvalue weighted by molar-refractivity contribution is 8.00. The van der Waals surface area contributed by atoms with Crippen LogP contribution in [-0.4, -0.2) is 36.8 Å². The molecular formula is C11H20O3S. The number of hydrogen-bond acceptors (Lipinski definition) is 4. The van der Waals surface area contributed by atoms with Gasteiger partial charge in [0.15, 0.2) is 0 Å². The summed E-state index contributed by atoms with van der Waals surface area (Å²) in [5, 5.41) is 0.960. The molecule has 1 aliphatic heterocycles. The fraction of sp³-hybridized carbons (Fsp3) is 0.909. The fourth-order valence-corrected chi connectivity index (χ4v) is 3.03. The monoisotopic (exact) mass is 232 g/mol. The first kappa shape index (κ1) is 12.8. The van der Waals surface area contributed by atoms with Gasteiger partial charge in [-0.25, -0.2) is 0 Å². The second kappa shape index (κ2) is 6.38. The summed E-state index contributed by atoms with van der Waals surface area (Å²) in [6, 6.07) is 0. The molecule has 0 radical (unpaired) electrons. The molecule has 1 aliphatic rings. The Morgan fingerprint density at radius 3 is 2.53 bits per heavy atom. The number of esters is 1. The van der Waals surface area contributed by atoms with Gasteiger partial charge in [0, 0.05) is 23.7 Å². The quantitative estimate of drug-likeness (QED) is 0.695. The summed E-state index contributed by atoms with van der Waals surface area (Å²) >= 11 is 1.89. The Morgan fingerprint density at radius 1 is 1.40 bits per heavy atom. The molecule has 0 aromatic rings. The average molecular weight is 232 g/mol. The van der Waals surface area contributed by atoms with Gasteiger partial charge in [0.25, 0.3) is 0 Å². The third-order valence-electron chi connectivity index (χ3n) is 2.85. The Balaban J connectivity index is 2.32. The number of methoxy groups -OCH3 is 1. The first-order valence-corrected chi connectivity index (χ1v) is 6.40. The Labute approximate surface area is 95.9 Å². The zero-order chi connectivity index (χ0) is 11.3. The first-order valence-electron chi connectivity index (χ1n) is 5.46. The van der Waals surface area contributed by atoms with Crippen LogP contribution in [0.3, 0.4) is 0 Å². The minimum absolute atomic E-state index is 0.0251. The van der Waals surface area contributed by atoms with Crippen LogP contribution >= 0.6 is 11.8 Å². The second-order valence-corrected chi connectivity index (χ2v) is 5.65. The third kappa shape index (κ3) is 4.03. The van der Waals surface area contributed by atoms with Crippen molar-refractivity contribution >= 4 is 17.7 Å². The molecule has 0 aromatic heterocycles. The maximum absolute atomic E-state index is 11.3. The molecule has 2 unspecified atom stereocenters. The van der Waals surface area contributed by atoms with Crippen LogP contribution in [0.15, 0.2) is 0 Å². The number of rotatable bonds is 4. The number of thioether (sulfide) groups is 1. The van der Waals surface area contributed by atoms with Crippen LogP contribution in [0, 0.1) is 5.92 Å². The molecule has 0 spiro atoms. The van der Waals surface area contributed by atoms with Crippen molar-refractivity contribution in [2.24, 2.45) is 5.92 Å². The van der Waals surface area contributed by atoms with Gasteiger partial charge in [-0.3, -0.25) is 4.79 Å². The van der Waals surface area contributed by atoms with E-state index in [0.717, 1.165) is 26.1 Å². The molecule has 15 heavy (non-hydrogen) atoms. The molecule has 1 saturated heterocycles. The Kier molecular flexibility index (Phi) is 5.47. The van der Waals surface area contributed by atoms with Crippen LogP contribution < -0.4 is 0 Å². The highest BCUT2D eigenvalue weighted by Crippen LogP contribution is 2.30. The van der Waals surface area contributed by atoms with E-state index in [0.29, 0.717) is 10.5 Å². The summed E-state index contributed by atoms with van der Waals surface area (Å²) in [5.74, 6) is -0.134. The Morgan fingerprint density at radius 2 is 2.00 bits per heavy atom. The summed E-state index contributed by atoms with van der Waals surface area (Å²) in [7, 11) is 1.45. The third-order valence-corrected chi connectivity index (χ3v) is 4.55. The van der Waals surface area contributed by atoms with Crippen molar-refractivity contribution in [2.45, 2.75) is 37.2 Å². The molecule has 0 amide bonds. The second-order valence-electron chi connectivity index (χ2n) is 3.96. The van der Waals surface area contributed by atoms with Crippen LogP contribution in [0.25, 0.3) is 0 Å². The average Bonchev–Trinajstić information content (AvgIpc) is 2.28. The van der Waals surface area contributed by atoms with Crippen LogP contribution in [0.1, 0.15) is 26.7 Å². The van der Waals surface area contributed by atoms with E-state index in [9.17, 15) is 4.79 Å². The van der Waals surface area contributed by atoms with Crippen LogP contribution in [0.5, 0.6) is 0 Å². The van der Waals surface area contributed by atoms with Crippen molar-refractivity contribution in [3.8, 4) is 0 Å². The lowest BCUT2D eigenvalue weighted by atomic mass is 10.1. The molecule has 1 fully saturated rings. The van der Waals surface area contributed by atoms with Crippen LogP contribution in [0.4, 0.5) is 0 Å². The van der Waals surface area contributed by atoms with Gasteiger partial charge in [-0.1, -0.05) is 13.8 Å². The predicted molar refractivity (Wildman–Crippen MR) is 62.1 cm³/mol. The molecular weight excluding hydrogens is 212 g/mol. The Hall–Kier alpha value is -0.220. The molecule has 0 saturated carbocycles. The molecule has 3 nitrogen and oxygen atoms in total. The molecule has 0 N–H and O–H groups in total. The zero-order valence-corrected chi connectivity index (χ0v) is 10.5. The van der Waals surface area contributed by atoms with Gasteiger partial charge in [0.05, 0.1) is 13.0 Å². The lowest BCUT2D eigenvalue weighted by Gasteiger charge is -2.26. The van der Waals surface area contributed by atoms with Crippen molar-refractivity contribution in [3.63, 3.8) is 0 Å². The zero-order valence-electron chi connectivity index (χ0n) is 9.69. The summed E-state index contributed by atoms with van der Waals surface area (Å²) in [4.78, 5) is 11.3.